The lowest BCUT2D eigenvalue weighted by Crippen LogP contribution is -2.21. The molecule has 1 aliphatic rings. The van der Waals surface area contributed by atoms with E-state index >= 15 is 0 Å². The lowest BCUT2D eigenvalue weighted by atomic mass is 10.0. The molecule has 0 radical (unpaired) electrons. The van der Waals surface area contributed by atoms with Gasteiger partial charge in [0, 0.05) is 27.9 Å². The average molecular weight is 439 g/mol. The van der Waals surface area contributed by atoms with E-state index in [1.165, 1.54) is 30.3 Å². The number of anilines is 1. The zero-order valence-electron chi connectivity index (χ0n) is 16.8. The number of amides is 1. The molecule has 0 spiro atoms. The van der Waals surface area contributed by atoms with Crippen LogP contribution < -0.4 is 5.32 Å². The fraction of sp³-hybridized carbons (Fsp3) is 0. The summed E-state index contributed by atoms with van der Waals surface area (Å²) >= 11 is 0. The number of benzene rings is 4. The van der Waals surface area contributed by atoms with Crippen molar-refractivity contribution in [3.05, 3.63) is 114 Å². The summed E-state index contributed by atoms with van der Waals surface area (Å²) in [5.41, 5.74) is 2.77. The molecule has 6 heteroatoms. The van der Waals surface area contributed by atoms with E-state index in [-0.39, 0.29) is 32.3 Å². The van der Waals surface area contributed by atoms with Crippen LogP contribution in [0, 0.1) is 0 Å². The van der Waals surface area contributed by atoms with E-state index < -0.39 is 15.7 Å². The summed E-state index contributed by atoms with van der Waals surface area (Å²) in [5.74, 6) is -0.829. The maximum absolute atomic E-state index is 13.1. The molecule has 1 heterocycles. The van der Waals surface area contributed by atoms with E-state index in [4.69, 9.17) is 0 Å². The normalized spacial score (nSPS) is 13.7. The van der Waals surface area contributed by atoms with Gasteiger partial charge in [-0.2, -0.15) is 0 Å². The SMILES string of the molecule is O=C(Nc1ccccc1-c1ccccc1)c1ccc2c(c1)S(=O)(=O)c1ccccc1C2=O. The number of nitrogens with one attached hydrogen (secondary N) is 1. The fourth-order valence-corrected chi connectivity index (χ4v) is 5.56. The first-order valence-electron chi connectivity index (χ1n) is 9.95. The Kier molecular flexibility index (Phi) is 4.72. The number of carbonyl (C=O) groups excluding carboxylic acids is 2. The molecule has 1 N–H and O–H groups in total. The van der Waals surface area contributed by atoms with Gasteiger partial charge in [0.05, 0.1) is 9.79 Å². The van der Waals surface area contributed by atoms with Crippen LogP contribution in [0.4, 0.5) is 5.69 Å². The standard InChI is InChI=1S/C26H17NO4S/c28-25-20-11-5-7-13-23(20)32(30,31)24-16-18(14-15-21(24)25)26(29)27-22-12-6-4-10-19(22)17-8-2-1-3-9-17/h1-16H,(H,27,29). The van der Waals surface area contributed by atoms with Crippen LogP contribution in [-0.4, -0.2) is 20.1 Å². The molecule has 0 fully saturated rings. The zero-order valence-corrected chi connectivity index (χ0v) is 17.6. The van der Waals surface area contributed by atoms with Crippen molar-refractivity contribution in [1.29, 1.82) is 0 Å². The van der Waals surface area contributed by atoms with Gasteiger partial charge in [-0.1, -0.05) is 60.7 Å². The fourth-order valence-electron chi connectivity index (χ4n) is 3.88. The molecule has 32 heavy (non-hydrogen) atoms. The van der Waals surface area contributed by atoms with Crippen LogP contribution in [-0.2, 0) is 9.84 Å². The van der Waals surface area contributed by atoms with Gasteiger partial charge in [-0.25, -0.2) is 8.42 Å². The number of sulfone groups is 1. The van der Waals surface area contributed by atoms with Crippen LogP contribution in [0.25, 0.3) is 11.1 Å². The first kappa shape index (κ1) is 19.9. The molecular weight excluding hydrogens is 422 g/mol. The number of carbonyl (C=O) groups is 2. The molecule has 5 nitrogen and oxygen atoms in total. The number of rotatable bonds is 3. The van der Waals surface area contributed by atoms with Gasteiger partial charge < -0.3 is 5.32 Å². The molecule has 0 atom stereocenters. The summed E-state index contributed by atoms with van der Waals surface area (Å²) in [6, 6.07) is 27.3. The molecule has 0 aromatic heterocycles. The van der Waals surface area contributed by atoms with E-state index in [0.29, 0.717) is 5.69 Å². The molecule has 5 rings (SSSR count). The van der Waals surface area contributed by atoms with Gasteiger partial charge in [0.1, 0.15) is 0 Å². The minimum Gasteiger partial charge on any atom is -0.321 e. The van der Waals surface area contributed by atoms with Gasteiger partial charge in [0.15, 0.2) is 5.78 Å². The Morgan fingerprint density at radius 1 is 0.656 bits per heavy atom. The second-order valence-electron chi connectivity index (χ2n) is 7.41. The molecule has 0 unspecified atom stereocenters. The highest BCUT2D eigenvalue weighted by Gasteiger charge is 2.35. The third-order valence-electron chi connectivity index (χ3n) is 5.46. The third kappa shape index (κ3) is 3.21. The maximum Gasteiger partial charge on any atom is 0.255 e. The van der Waals surface area contributed by atoms with Crippen LogP contribution in [0.3, 0.4) is 0 Å². The van der Waals surface area contributed by atoms with Crippen molar-refractivity contribution in [3.63, 3.8) is 0 Å². The van der Waals surface area contributed by atoms with Crippen molar-refractivity contribution in [3.8, 4) is 11.1 Å². The van der Waals surface area contributed by atoms with Crippen LogP contribution >= 0.6 is 0 Å². The topological polar surface area (TPSA) is 80.3 Å². The van der Waals surface area contributed by atoms with Crippen molar-refractivity contribution in [2.45, 2.75) is 9.79 Å². The summed E-state index contributed by atoms with van der Waals surface area (Å²) in [5, 5.41) is 2.87. The second kappa shape index (κ2) is 7.59. The quantitative estimate of drug-likeness (QED) is 0.430. The van der Waals surface area contributed by atoms with E-state index in [1.54, 1.807) is 18.2 Å². The molecule has 0 bridgehead atoms. The van der Waals surface area contributed by atoms with Gasteiger partial charge in [-0.05, 0) is 42.0 Å². The Bertz CT molecular complexity index is 1490. The monoisotopic (exact) mass is 439 g/mol. The zero-order chi connectivity index (χ0) is 22.3. The lowest BCUT2D eigenvalue weighted by Gasteiger charge is -2.19. The number of para-hydroxylation sites is 1. The van der Waals surface area contributed by atoms with Gasteiger partial charge >= 0.3 is 0 Å². The number of ketones is 1. The van der Waals surface area contributed by atoms with E-state index in [1.807, 2.05) is 48.5 Å². The Labute approximate surface area is 185 Å². The molecule has 156 valence electrons. The van der Waals surface area contributed by atoms with Crippen LogP contribution in [0.1, 0.15) is 26.3 Å². The van der Waals surface area contributed by atoms with E-state index in [2.05, 4.69) is 5.32 Å². The minimum absolute atomic E-state index is 0.0375. The van der Waals surface area contributed by atoms with Crippen molar-refractivity contribution in [2.24, 2.45) is 0 Å². The smallest absolute Gasteiger partial charge is 0.255 e. The highest BCUT2D eigenvalue weighted by molar-refractivity contribution is 7.91. The summed E-state index contributed by atoms with van der Waals surface area (Å²) in [6.45, 7) is 0. The highest BCUT2D eigenvalue weighted by Crippen LogP contribution is 2.35. The number of fused-ring (bicyclic) bond motifs is 2. The third-order valence-corrected chi connectivity index (χ3v) is 7.31. The van der Waals surface area contributed by atoms with Crippen LogP contribution in [0.5, 0.6) is 0 Å². The molecule has 1 amide bonds. The minimum atomic E-state index is -3.92. The summed E-state index contributed by atoms with van der Waals surface area (Å²) in [7, 11) is -3.92. The average Bonchev–Trinajstić information content (AvgIpc) is 2.83. The summed E-state index contributed by atoms with van der Waals surface area (Å²) in [6.07, 6.45) is 0. The molecular formula is C26H17NO4S. The Balaban J connectivity index is 1.53. The molecule has 4 aromatic rings. The summed E-state index contributed by atoms with van der Waals surface area (Å²) in [4.78, 5) is 25.6. The predicted octanol–water partition coefficient (Wildman–Crippen LogP) is 4.98. The Morgan fingerprint density at radius 2 is 1.28 bits per heavy atom. The van der Waals surface area contributed by atoms with Gasteiger partial charge in [-0.3, -0.25) is 9.59 Å². The van der Waals surface area contributed by atoms with Crippen LogP contribution in [0.2, 0.25) is 0 Å². The van der Waals surface area contributed by atoms with Crippen LogP contribution in [0.15, 0.2) is 107 Å². The lowest BCUT2D eigenvalue weighted by molar-refractivity contribution is 0.101. The molecule has 4 aromatic carbocycles. The first-order chi connectivity index (χ1) is 15.5. The maximum atomic E-state index is 13.1. The van der Waals surface area contributed by atoms with E-state index in [9.17, 15) is 18.0 Å². The molecule has 1 aliphatic heterocycles. The first-order valence-corrected chi connectivity index (χ1v) is 11.4. The molecule has 0 saturated heterocycles. The van der Waals surface area contributed by atoms with Gasteiger partial charge in [0.2, 0.25) is 9.84 Å². The van der Waals surface area contributed by atoms with Crippen molar-refractivity contribution in [1.82, 2.24) is 0 Å². The Morgan fingerprint density at radius 3 is 2.06 bits per heavy atom. The molecule has 0 aliphatic carbocycles. The predicted molar refractivity (Wildman–Crippen MR) is 122 cm³/mol. The van der Waals surface area contributed by atoms with Crippen molar-refractivity contribution < 1.29 is 18.0 Å². The second-order valence-corrected chi connectivity index (χ2v) is 9.29. The van der Waals surface area contributed by atoms with E-state index in [0.717, 1.165) is 11.1 Å². The largest absolute Gasteiger partial charge is 0.321 e. The van der Waals surface area contributed by atoms with Crippen molar-refractivity contribution >= 4 is 27.2 Å². The van der Waals surface area contributed by atoms with Crippen molar-refractivity contribution in [2.75, 3.05) is 5.32 Å². The number of hydrogen-bond donors (Lipinski definition) is 1. The Hall–Kier alpha value is -4.03. The highest BCUT2D eigenvalue weighted by atomic mass is 32.2. The molecule has 0 saturated carbocycles. The number of hydrogen-bond acceptors (Lipinski definition) is 4. The van der Waals surface area contributed by atoms with Gasteiger partial charge in [-0.15, -0.1) is 0 Å². The summed E-state index contributed by atoms with van der Waals surface area (Å²) < 4.78 is 26.3. The van der Waals surface area contributed by atoms with Gasteiger partial charge in [0.25, 0.3) is 5.91 Å².